The van der Waals surface area contributed by atoms with Gasteiger partial charge in [-0.3, -0.25) is 9.59 Å². The number of nitrogens with one attached hydrogen (secondary N) is 2. The van der Waals surface area contributed by atoms with Gasteiger partial charge < -0.3 is 15.5 Å². The van der Waals surface area contributed by atoms with Gasteiger partial charge in [0, 0.05) is 38.1 Å². The number of hydrogen-bond acceptors (Lipinski definition) is 3. The maximum Gasteiger partial charge on any atom is 0.224 e. The van der Waals surface area contributed by atoms with E-state index < -0.39 is 0 Å². The van der Waals surface area contributed by atoms with Gasteiger partial charge in [0.05, 0.1) is 5.92 Å². The summed E-state index contributed by atoms with van der Waals surface area (Å²) in [5, 5.41) is 6.67. The molecule has 3 fully saturated rings. The number of carbonyl (C=O) groups excluding carboxylic acids is 2. The van der Waals surface area contributed by atoms with Crippen molar-refractivity contribution in [3.05, 3.63) is 0 Å². The predicted molar refractivity (Wildman–Crippen MR) is 94.5 cm³/mol. The fourth-order valence-corrected chi connectivity index (χ4v) is 4.67. The summed E-state index contributed by atoms with van der Waals surface area (Å²) in [6, 6.07) is 1.28. The number of nitrogens with zero attached hydrogens (tertiary/aromatic N) is 1. The van der Waals surface area contributed by atoms with E-state index in [1.165, 1.54) is 12.8 Å². The highest BCUT2D eigenvalue weighted by Crippen LogP contribution is 2.33. The Balaban J connectivity index is 1.45. The number of amides is 2. The molecule has 3 aliphatic heterocycles. The number of unbranched alkanes of at least 4 members (excludes halogenated alkanes) is 1. The van der Waals surface area contributed by atoms with E-state index in [4.69, 9.17) is 0 Å². The van der Waals surface area contributed by atoms with Crippen LogP contribution in [0.4, 0.5) is 0 Å². The molecule has 0 radical (unpaired) electrons. The van der Waals surface area contributed by atoms with Crippen molar-refractivity contribution in [2.75, 3.05) is 19.6 Å². The summed E-state index contributed by atoms with van der Waals surface area (Å²) in [7, 11) is 0. The molecule has 2 amide bonds. The van der Waals surface area contributed by atoms with Crippen molar-refractivity contribution in [1.29, 1.82) is 0 Å². The molecule has 0 aromatic rings. The molecule has 0 aromatic carbocycles. The molecule has 5 heteroatoms. The molecule has 3 atom stereocenters. The highest BCUT2D eigenvalue weighted by molar-refractivity contribution is 5.81. The Morgan fingerprint density at radius 3 is 2.62 bits per heavy atom. The van der Waals surface area contributed by atoms with Crippen molar-refractivity contribution in [2.24, 2.45) is 11.8 Å². The molecule has 3 aliphatic rings. The second-order valence-corrected chi connectivity index (χ2v) is 8.00. The van der Waals surface area contributed by atoms with E-state index >= 15 is 0 Å². The van der Waals surface area contributed by atoms with Crippen LogP contribution in [0.5, 0.6) is 0 Å². The predicted octanol–water partition coefficient (Wildman–Crippen LogP) is 2.06. The van der Waals surface area contributed by atoms with E-state index in [2.05, 4.69) is 17.6 Å². The lowest BCUT2D eigenvalue weighted by Crippen LogP contribution is -2.46. The maximum absolute atomic E-state index is 12.7. The van der Waals surface area contributed by atoms with Gasteiger partial charge in [0.25, 0.3) is 0 Å². The summed E-state index contributed by atoms with van der Waals surface area (Å²) < 4.78 is 0. The van der Waals surface area contributed by atoms with Crippen molar-refractivity contribution >= 4 is 11.8 Å². The molecular weight excluding hydrogens is 302 g/mol. The topological polar surface area (TPSA) is 61.4 Å². The van der Waals surface area contributed by atoms with Crippen molar-refractivity contribution in [3.8, 4) is 0 Å². The monoisotopic (exact) mass is 335 g/mol. The van der Waals surface area contributed by atoms with E-state index in [-0.39, 0.29) is 17.7 Å². The molecule has 0 saturated carbocycles. The third-order valence-electron chi connectivity index (χ3n) is 6.01. The van der Waals surface area contributed by atoms with E-state index in [0.29, 0.717) is 31.0 Å². The highest BCUT2D eigenvalue weighted by Gasteiger charge is 2.35. The minimum absolute atomic E-state index is 0.0104. The fourth-order valence-electron chi connectivity index (χ4n) is 4.67. The molecular formula is C19H33N3O2. The van der Waals surface area contributed by atoms with Gasteiger partial charge in [0.1, 0.15) is 0 Å². The molecule has 3 rings (SSSR count). The molecule has 3 heterocycles. The van der Waals surface area contributed by atoms with Gasteiger partial charge in [0.2, 0.25) is 11.8 Å². The van der Waals surface area contributed by atoms with Crippen LogP contribution in [-0.4, -0.2) is 48.4 Å². The van der Waals surface area contributed by atoms with E-state index in [0.717, 1.165) is 51.6 Å². The Morgan fingerprint density at radius 2 is 1.92 bits per heavy atom. The van der Waals surface area contributed by atoms with E-state index in [1.54, 1.807) is 0 Å². The molecule has 0 aromatic heterocycles. The molecule has 3 saturated heterocycles. The minimum Gasteiger partial charge on any atom is -0.356 e. The van der Waals surface area contributed by atoms with Crippen LogP contribution in [0, 0.1) is 11.8 Å². The highest BCUT2D eigenvalue weighted by atomic mass is 16.2. The number of fused-ring (bicyclic) bond motifs is 2. The van der Waals surface area contributed by atoms with Gasteiger partial charge in [0.15, 0.2) is 0 Å². The zero-order valence-electron chi connectivity index (χ0n) is 15.1. The summed E-state index contributed by atoms with van der Waals surface area (Å²) in [4.78, 5) is 26.9. The number of carbonyl (C=O) groups is 2. The van der Waals surface area contributed by atoms with Crippen LogP contribution in [0.2, 0.25) is 0 Å². The molecule has 0 spiro atoms. The van der Waals surface area contributed by atoms with Gasteiger partial charge in [-0.2, -0.15) is 0 Å². The van der Waals surface area contributed by atoms with Gasteiger partial charge in [-0.05, 0) is 50.9 Å². The van der Waals surface area contributed by atoms with Crippen LogP contribution < -0.4 is 10.6 Å². The quantitative estimate of drug-likeness (QED) is 0.731. The van der Waals surface area contributed by atoms with E-state index in [1.807, 2.05) is 4.90 Å². The number of likely N-dealkylation sites (tertiary alicyclic amines) is 1. The Bertz CT molecular complexity index is 442. The first-order valence-corrected chi connectivity index (χ1v) is 9.97. The Labute approximate surface area is 145 Å². The second-order valence-electron chi connectivity index (χ2n) is 8.00. The molecule has 5 nitrogen and oxygen atoms in total. The molecule has 136 valence electrons. The smallest absolute Gasteiger partial charge is 0.224 e. The molecule has 2 bridgehead atoms. The third kappa shape index (κ3) is 4.50. The van der Waals surface area contributed by atoms with Gasteiger partial charge in [-0.15, -0.1) is 0 Å². The second kappa shape index (κ2) is 8.32. The first kappa shape index (κ1) is 17.7. The van der Waals surface area contributed by atoms with Crippen LogP contribution in [0.15, 0.2) is 0 Å². The van der Waals surface area contributed by atoms with Gasteiger partial charge >= 0.3 is 0 Å². The zero-order chi connectivity index (χ0) is 16.9. The van der Waals surface area contributed by atoms with Crippen LogP contribution in [0.1, 0.15) is 64.7 Å². The van der Waals surface area contributed by atoms with E-state index in [9.17, 15) is 9.59 Å². The number of hydrogen-bond donors (Lipinski definition) is 2. The fraction of sp³-hybridized carbons (Fsp3) is 0.895. The van der Waals surface area contributed by atoms with Crippen LogP contribution in [0.25, 0.3) is 0 Å². The molecule has 24 heavy (non-hydrogen) atoms. The molecule has 2 N–H and O–H groups in total. The number of piperidine rings is 2. The first-order valence-electron chi connectivity index (χ1n) is 9.97. The summed E-state index contributed by atoms with van der Waals surface area (Å²) in [5.74, 6) is 0.937. The Hall–Kier alpha value is -1.10. The minimum atomic E-state index is -0.0104. The van der Waals surface area contributed by atoms with Crippen LogP contribution in [0.3, 0.4) is 0 Å². The Kier molecular flexibility index (Phi) is 6.14. The van der Waals surface area contributed by atoms with Crippen molar-refractivity contribution in [3.63, 3.8) is 0 Å². The van der Waals surface area contributed by atoms with Crippen LogP contribution >= 0.6 is 0 Å². The lowest BCUT2D eigenvalue weighted by Gasteiger charge is -2.34. The largest absolute Gasteiger partial charge is 0.356 e. The summed E-state index contributed by atoms with van der Waals surface area (Å²) in [6.45, 7) is 4.34. The number of rotatable bonds is 6. The van der Waals surface area contributed by atoms with Gasteiger partial charge in [-0.25, -0.2) is 0 Å². The first-order chi connectivity index (χ1) is 11.7. The molecule has 3 unspecified atom stereocenters. The summed E-state index contributed by atoms with van der Waals surface area (Å²) >= 11 is 0. The lowest BCUT2D eigenvalue weighted by atomic mass is 9.88. The zero-order valence-corrected chi connectivity index (χ0v) is 15.1. The average Bonchev–Trinajstić information content (AvgIpc) is 2.93. The van der Waals surface area contributed by atoms with Crippen molar-refractivity contribution in [2.45, 2.75) is 76.8 Å². The summed E-state index contributed by atoms with van der Waals surface area (Å²) in [6.07, 6.45) is 9.52. The lowest BCUT2D eigenvalue weighted by molar-refractivity contribution is -0.136. The standard InChI is InChI=1S/C19H33N3O2/c1-2-3-8-20-19(24)15-5-4-9-22(13-15)18(23)12-14-10-16-6-7-17(11-14)21-16/h14-17,21H,2-13H2,1H3,(H,20,24). The van der Waals surface area contributed by atoms with Crippen molar-refractivity contribution in [1.82, 2.24) is 15.5 Å². The Morgan fingerprint density at radius 1 is 1.17 bits per heavy atom. The van der Waals surface area contributed by atoms with Crippen LogP contribution in [-0.2, 0) is 9.59 Å². The van der Waals surface area contributed by atoms with Crippen molar-refractivity contribution < 1.29 is 9.59 Å². The third-order valence-corrected chi connectivity index (χ3v) is 6.01. The average molecular weight is 335 g/mol. The van der Waals surface area contributed by atoms with Gasteiger partial charge in [-0.1, -0.05) is 13.3 Å². The molecule has 0 aliphatic carbocycles. The maximum atomic E-state index is 12.7. The summed E-state index contributed by atoms with van der Waals surface area (Å²) in [5.41, 5.74) is 0. The normalized spacial score (nSPS) is 32.6. The SMILES string of the molecule is CCCCNC(=O)C1CCCN(C(=O)CC2CC3CCC(C2)N3)C1.